The number of carbonyl (C=O) groups is 2. The Morgan fingerprint density at radius 2 is 1.72 bits per heavy atom. The van der Waals surface area contributed by atoms with Gasteiger partial charge >= 0.3 is 0 Å². The molecule has 3 rings (SSSR count). The topological polar surface area (TPSA) is 58.6 Å². The van der Waals surface area contributed by atoms with E-state index in [4.69, 9.17) is 4.74 Å². The summed E-state index contributed by atoms with van der Waals surface area (Å²) in [6.07, 6.45) is 3.19. The number of benzene rings is 2. The Balaban J connectivity index is 1.51. The van der Waals surface area contributed by atoms with Crippen molar-refractivity contribution < 1.29 is 18.7 Å². The molecule has 0 radical (unpaired) electrons. The quantitative estimate of drug-likeness (QED) is 0.802. The minimum absolute atomic E-state index is 0.0172. The molecule has 1 N–H and O–H groups in total. The third kappa shape index (κ3) is 5.34. The number of nitrogens with zero attached hydrogens (tertiary/aromatic N) is 1. The zero-order valence-electron chi connectivity index (χ0n) is 16.9. The largest absolute Gasteiger partial charge is 0.484 e. The third-order valence-electron chi connectivity index (χ3n) is 5.36. The van der Waals surface area contributed by atoms with E-state index in [1.54, 1.807) is 42.5 Å². The number of amides is 2. The highest BCUT2D eigenvalue weighted by Gasteiger charge is 2.28. The summed E-state index contributed by atoms with van der Waals surface area (Å²) in [7, 11) is 0. The van der Waals surface area contributed by atoms with Gasteiger partial charge in [-0.05, 0) is 63.4 Å². The second kappa shape index (κ2) is 9.54. The van der Waals surface area contributed by atoms with E-state index < -0.39 is 0 Å². The monoisotopic (exact) mass is 398 g/mol. The Hall–Kier alpha value is -2.89. The Labute approximate surface area is 170 Å². The van der Waals surface area contributed by atoms with E-state index >= 15 is 0 Å². The maximum absolute atomic E-state index is 13.6. The lowest BCUT2D eigenvalue weighted by molar-refractivity contribution is -0.139. The van der Waals surface area contributed by atoms with Crippen molar-refractivity contribution in [3.05, 3.63) is 65.5 Å². The van der Waals surface area contributed by atoms with Gasteiger partial charge in [-0.25, -0.2) is 4.39 Å². The lowest BCUT2D eigenvalue weighted by Crippen LogP contribution is -2.49. The van der Waals surface area contributed by atoms with Crippen LogP contribution in [0.3, 0.4) is 0 Å². The number of hydrogen-bond acceptors (Lipinski definition) is 3. The molecule has 0 spiro atoms. The fraction of sp³-hybridized carbons (Fsp3) is 0.391. The molecule has 1 fully saturated rings. The molecule has 2 unspecified atom stereocenters. The van der Waals surface area contributed by atoms with Crippen molar-refractivity contribution >= 4 is 11.8 Å². The average molecular weight is 398 g/mol. The molecule has 1 saturated heterocycles. The number of nitrogens with one attached hydrogen (secondary N) is 1. The number of rotatable bonds is 6. The van der Waals surface area contributed by atoms with E-state index in [0.29, 0.717) is 16.9 Å². The van der Waals surface area contributed by atoms with Crippen LogP contribution in [0.4, 0.5) is 4.39 Å². The second-order valence-electron chi connectivity index (χ2n) is 7.52. The van der Waals surface area contributed by atoms with Gasteiger partial charge in [0.25, 0.3) is 11.8 Å². The van der Waals surface area contributed by atoms with Crippen LogP contribution >= 0.6 is 0 Å². The number of halogens is 1. The fourth-order valence-corrected chi connectivity index (χ4v) is 3.75. The van der Waals surface area contributed by atoms with Gasteiger partial charge in [-0.15, -0.1) is 0 Å². The SMILES string of the molecule is CC1CCCC(C)N1C(=O)COc1ccc(C(=O)NCc2ccccc2F)cc1. The van der Waals surface area contributed by atoms with Crippen molar-refractivity contribution in [2.45, 2.75) is 51.7 Å². The van der Waals surface area contributed by atoms with Crippen molar-refractivity contribution in [1.82, 2.24) is 10.2 Å². The zero-order valence-corrected chi connectivity index (χ0v) is 16.9. The molecule has 1 aliphatic rings. The maximum atomic E-state index is 13.6. The molecule has 0 bridgehead atoms. The van der Waals surface area contributed by atoms with Gasteiger partial charge in [0.1, 0.15) is 11.6 Å². The molecule has 154 valence electrons. The highest BCUT2D eigenvalue weighted by Crippen LogP contribution is 2.23. The number of ether oxygens (including phenoxy) is 1. The number of likely N-dealkylation sites (tertiary alicyclic amines) is 1. The molecule has 0 aliphatic carbocycles. The van der Waals surface area contributed by atoms with E-state index in [1.165, 1.54) is 6.07 Å². The molecule has 1 heterocycles. The Kier molecular flexibility index (Phi) is 6.86. The fourth-order valence-electron chi connectivity index (χ4n) is 3.75. The first-order valence-corrected chi connectivity index (χ1v) is 10.0. The Morgan fingerprint density at radius 3 is 2.38 bits per heavy atom. The smallest absolute Gasteiger partial charge is 0.260 e. The molecular formula is C23H27FN2O3. The first-order valence-electron chi connectivity index (χ1n) is 10.0. The first kappa shape index (κ1) is 20.8. The molecular weight excluding hydrogens is 371 g/mol. The van der Waals surface area contributed by atoms with Crippen LogP contribution in [0.1, 0.15) is 49.0 Å². The summed E-state index contributed by atoms with van der Waals surface area (Å²) in [5.74, 6) is -0.136. The molecule has 2 amide bonds. The standard InChI is InChI=1S/C23H27FN2O3/c1-16-6-5-7-17(2)26(16)22(27)15-29-20-12-10-18(11-13-20)23(28)25-14-19-8-3-4-9-21(19)24/h3-4,8-13,16-17H,5-7,14-15H2,1-2H3,(H,25,28). The van der Waals surface area contributed by atoms with E-state index in [2.05, 4.69) is 19.2 Å². The summed E-state index contributed by atoms with van der Waals surface area (Å²) in [6.45, 7) is 4.24. The van der Waals surface area contributed by atoms with E-state index in [9.17, 15) is 14.0 Å². The zero-order chi connectivity index (χ0) is 20.8. The van der Waals surface area contributed by atoms with Crippen LogP contribution in [0.5, 0.6) is 5.75 Å². The molecule has 0 saturated carbocycles. The minimum atomic E-state index is -0.349. The molecule has 0 aromatic heterocycles. The van der Waals surface area contributed by atoms with Crippen LogP contribution in [-0.2, 0) is 11.3 Å². The van der Waals surface area contributed by atoms with Gasteiger partial charge < -0.3 is 15.0 Å². The lowest BCUT2D eigenvalue weighted by atomic mass is 9.97. The van der Waals surface area contributed by atoms with Crippen molar-refractivity contribution in [2.24, 2.45) is 0 Å². The average Bonchev–Trinajstić information content (AvgIpc) is 2.71. The van der Waals surface area contributed by atoms with Gasteiger partial charge in [0, 0.05) is 29.8 Å². The molecule has 2 atom stereocenters. The van der Waals surface area contributed by atoms with Crippen molar-refractivity contribution in [3.63, 3.8) is 0 Å². The summed E-state index contributed by atoms with van der Waals surface area (Å²) in [4.78, 5) is 26.7. The van der Waals surface area contributed by atoms with Gasteiger partial charge in [0.05, 0.1) is 0 Å². The van der Waals surface area contributed by atoms with Crippen LogP contribution in [0.2, 0.25) is 0 Å². The molecule has 29 heavy (non-hydrogen) atoms. The first-order chi connectivity index (χ1) is 14.0. The Bertz CT molecular complexity index is 843. The third-order valence-corrected chi connectivity index (χ3v) is 5.36. The summed E-state index contributed by atoms with van der Waals surface area (Å²) in [6, 6.07) is 13.4. The van der Waals surface area contributed by atoms with Crippen LogP contribution in [0.15, 0.2) is 48.5 Å². The normalized spacial score (nSPS) is 18.9. The lowest BCUT2D eigenvalue weighted by Gasteiger charge is -2.38. The molecule has 1 aliphatic heterocycles. The van der Waals surface area contributed by atoms with E-state index in [-0.39, 0.29) is 42.9 Å². The van der Waals surface area contributed by atoms with E-state index in [1.807, 2.05) is 4.90 Å². The van der Waals surface area contributed by atoms with Gasteiger partial charge in [0.2, 0.25) is 0 Å². The summed E-state index contributed by atoms with van der Waals surface area (Å²) in [5, 5.41) is 2.70. The van der Waals surface area contributed by atoms with E-state index in [0.717, 1.165) is 19.3 Å². The predicted octanol–water partition coefficient (Wildman–Crippen LogP) is 3.92. The number of piperidine rings is 1. The number of hydrogen-bond donors (Lipinski definition) is 1. The van der Waals surface area contributed by atoms with Crippen LogP contribution in [0.25, 0.3) is 0 Å². The van der Waals surface area contributed by atoms with Crippen LogP contribution in [-0.4, -0.2) is 35.4 Å². The van der Waals surface area contributed by atoms with Gasteiger partial charge in [-0.2, -0.15) is 0 Å². The van der Waals surface area contributed by atoms with Crippen molar-refractivity contribution in [3.8, 4) is 5.75 Å². The second-order valence-corrected chi connectivity index (χ2v) is 7.52. The van der Waals surface area contributed by atoms with Crippen LogP contribution in [0, 0.1) is 5.82 Å². The number of carbonyl (C=O) groups excluding carboxylic acids is 2. The molecule has 2 aromatic carbocycles. The molecule has 6 heteroatoms. The highest BCUT2D eigenvalue weighted by atomic mass is 19.1. The molecule has 2 aromatic rings. The summed E-state index contributed by atoms with van der Waals surface area (Å²) in [5.41, 5.74) is 0.874. The van der Waals surface area contributed by atoms with Gasteiger partial charge in [-0.3, -0.25) is 9.59 Å². The van der Waals surface area contributed by atoms with Crippen LogP contribution < -0.4 is 10.1 Å². The summed E-state index contributed by atoms with van der Waals surface area (Å²) >= 11 is 0. The van der Waals surface area contributed by atoms with Crippen molar-refractivity contribution in [2.75, 3.05) is 6.61 Å². The van der Waals surface area contributed by atoms with Gasteiger partial charge in [-0.1, -0.05) is 18.2 Å². The van der Waals surface area contributed by atoms with Crippen molar-refractivity contribution in [1.29, 1.82) is 0 Å². The maximum Gasteiger partial charge on any atom is 0.260 e. The van der Waals surface area contributed by atoms with Gasteiger partial charge in [0.15, 0.2) is 6.61 Å². The minimum Gasteiger partial charge on any atom is -0.484 e. The predicted molar refractivity (Wildman–Crippen MR) is 109 cm³/mol. The Morgan fingerprint density at radius 1 is 1.07 bits per heavy atom. The summed E-state index contributed by atoms with van der Waals surface area (Å²) < 4.78 is 19.3. The highest BCUT2D eigenvalue weighted by molar-refractivity contribution is 5.94. The molecule has 5 nitrogen and oxygen atoms in total.